The number of fused-ring (bicyclic) bond motifs is 1. The molecule has 0 radical (unpaired) electrons. The van der Waals surface area contributed by atoms with E-state index in [4.69, 9.17) is 14.2 Å². The number of carbonyl (C=O) groups excluding carboxylic acids is 2. The fraction of sp³-hybridized carbons (Fsp3) is 0.304. The summed E-state index contributed by atoms with van der Waals surface area (Å²) in [6.07, 6.45) is 2.15. The summed E-state index contributed by atoms with van der Waals surface area (Å²) in [5.41, 5.74) is 2.20. The lowest BCUT2D eigenvalue weighted by Crippen LogP contribution is -2.23. The second kappa shape index (κ2) is 8.82. The van der Waals surface area contributed by atoms with Crippen LogP contribution in [0, 0.1) is 0 Å². The number of rotatable bonds is 6. The molecule has 1 heterocycles. The minimum Gasteiger partial charge on any atom is -0.508 e. The number of hydrogen-bond donors (Lipinski definition) is 1. The SMILES string of the molecule is CCOC(=O)/C=C/c1ccc2c(c1)[C@@H](C(=O)OC(C)C)[C@H](c1ccc(O)cc1)O2. The van der Waals surface area contributed by atoms with Crippen molar-refractivity contribution in [3.05, 3.63) is 65.2 Å². The van der Waals surface area contributed by atoms with Gasteiger partial charge < -0.3 is 19.3 Å². The molecule has 0 amide bonds. The van der Waals surface area contributed by atoms with Crippen molar-refractivity contribution >= 4 is 18.0 Å². The lowest BCUT2D eigenvalue weighted by atomic mass is 9.90. The maximum atomic E-state index is 12.9. The van der Waals surface area contributed by atoms with Gasteiger partial charge in [0.1, 0.15) is 23.5 Å². The molecule has 1 N–H and O–H groups in total. The van der Waals surface area contributed by atoms with Gasteiger partial charge in [0, 0.05) is 11.6 Å². The average Bonchev–Trinajstić information content (AvgIpc) is 3.05. The molecular formula is C23H24O6. The first-order chi connectivity index (χ1) is 13.9. The van der Waals surface area contributed by atoms with Crippen molar-refractivity contribution in [2.24, 2.45) is 0 Å². The number of ether oxygens (including phenoxy) is 3. The Balaban J connectivity index is 1.95. The van der Waals surface area contributed by atoms with Crippen LogP contribution in [0.25, 0.3) is 6.08 Å². The third kappa shape index (κ3) is 4.77. The summed E-state index contributed by atoms with van der Waals surface area (Å²) >= 11 is 0. The molecule has 0 fully saturated rings. The third-order valence-electron chi connectivity index (χ3n) is 4.45. The van der Waals surface area contributed by atoms with Gasteiger partial charge in [0.25, 0.3) is 0 Å². The maximum Gasteiger partial charge on any atom is 0.330 e. The zero-order valence-corrected chi connectivity index (χ0v) is 16.6. The normalized spacial score (nSPS) is 17.8. The molecule has 2 atom stereocenters. The monoisotopic (exact) mass is 396 g/mol. The zero-order valence-electron chi connectivity index (χ0n) is 16.6. The summed E-state index contributed by atoms with van der Waals surface area (Å²) in [6.45, 7) is 5.64. The molecule has 0 saturated carbocycles. The minimum atomic E-state index is -0.659. The van der Waals surface area contributed by atoms with Crippen LogP contribution in [0.5, 0.6) is 11.5 Å². The first-order valence-electron chi connectivity index (χ1n) is 9.54. The predicted molar refractivity (Wildman–Crippen MR) is 108 cm³/mol. The fourth-order valence-corrected chi connectivity index (χ4v) is 3.22. The lowest BCUT2D eigenvalue weighted by Gasteiger charge is -2.20. The molecule has 2 aromatic rings. The highest BCUT2D eigenvalue weighted by Crippen LogP contribution is 2.47. The average molecular weight is 396 g/mol. The van der Waals surface area contributed by atoms with Crippen molar-refractivity contribution in [2.75, 3.05) is 6.61 Å². The Morgan fingerprint density at radius 1 is 1.17 bits per heavy atom. The predicted octanol–water partition coefficient (Wildman–Crippen LogP) is 4.14. The topological polar surface area (TPSA) is 82.1 Å². The summed E-state index contributed by atoms with van der Waals surface area (Å²) < 4.78 is 16.4. The zero-order chi connectivity index (χ0) is 21.0. The van der Waals surface area contributed by atoms with Gasteiger partial charge in [0.2, 0.25) is 0 Å². The molecule has 3 rings (SSSR count). The van der Waals surface area contributed by atoms with E-state index in [1.54, 1.807) is 63.2 Å². The molecule has 29 heavy (non-hydrogen) atoms. The smallest absolute Gasteiger partial charge is 0.330 e. The molecular weight excluding hydrogens is 372 g/mol. The number of phenolic OH excluding ortho intramolecular Hbond substituents is 1. The van der Waals surface area contributed by atoms with E-state index in [0.29, 0.717) is 17.9 Å². The first kappa shape index (κ1) is 20.5. The summed E-state index contributed by atoms with van der Waals surface area (Å²) in [7, 11) is 0. The van der Waals surface area contributed by atoms with Gasteiger partial charge in [-0.2, -0.15) is 0 Å². The molecule has 0 unspecified atom stereocenters. The Labute approximate surface area is 169 Å². The van der Waals surface area contributed by atoms with E-state index in [-0.39, 0.29) is 17.8 Å². The number of esters is 2. The van der Waals surface area contributed by atoms with Crippen LogP contribution < -0.4 is 4.74 Å². The number of hydrogen-bond acceptors (Lipinski definition) is 6. The Bertz CT molecular complexity index is 913. The van der Waals surface area contributed by atoms with Crippen LogP contribution in [-0.4, -0.2) is 29.8 Å². The Morgan fingerprint density at radius 2 is 1.90 bits per heavy atom. The van der Waals surface area contributed by atoms with Gasteiger partial charge in [-0.3, -0.25) is 4.79 Å². The number of benzene rings is 2. The molecule has 0 bridgehead atoms. The van der Waals surface area contributed by atoms with E-state index in [9.17, 15) is 14.7 Å². The summed E-state index contributed by atoms with van der Waals surface area (Å²) in [5, 5.41) is 9.57. The van der Waals surface area contributed by atoms with Crippen molar-refractivity contribution in [3.8, 4) is 11.5 Å². The van der Waals surface area contributed by atoms with Gasteiger partial charge in [-0.25, -0.2) is 4.79 Å². The van der Waals surface area contributed by atoms with E-state index in [1.807, 2.05) is 6.07 Å². The Kier molecular flexibility index (Phi) is 6.22. The van der Waals surface area contributed by atoms with Gasteiger partial charge in [-0.05, 0) is 62.2 Å². The van der Waals surface area contributed by atoms with E-state index in [2.05, 4.69) is 0 Å². The van der Waals surface area contributed by atoms with E-state index in [1.165, 1.54) is 6.08 Å². The van der Waals surface area contributed by atoms with Crippen LogP contribution in [0.4, 0.5) is 0 Å². The van der Waals surface area contributed by atoms with Gasteiger partial charge in [-0.15, -0.1) is 0 Å². The lowest BCUT2D eigenvalue weighted by molar-refractivity contribution is -0.151. The second-order valence-electron chi connectivity index (χ2n) is 6.98. The van der Waals surface area contributed by atoms with Crippen LogP contribution in [0.1, 0.15) is 49.5 Å². The molecule has 2 aromatic carbocycles. The molecule has 0 aromatic heterocycles. The summed E-state index contributed by atoms with van der Waals surface area (Å²) in [5.74, 6) is -0.753. The van der Waals surface area contributed by atoms with Gasteiger partial charge in [0.05, 0.1) is 12.7 Å². The molecule has 0 aliphatic carbocycles. The number of carbonyl (C=O) groups is 2. The van der Waals surface area contributed by atoms with E-state index < -0.39 is 18.0 Å². The van der Waals surface area contributed by atoms with Crippen molar-refractivity contribution in [1.29, 1.82) is 0 Å². The first-order valence-corrected chi connectivity index (χ1v) is 9.54. The molecule has 1 aliphatic rings. The largest absolute Gasteiger partial charge is 0.508 e. The summed E-state index contributed by atoms with van der Waals surface area (Å²) in [4.78, 5) is 24.5. The summed E-state index contributed by atoms with van der Waals surface area (Å²) in [6, 6.07) is 12.0. The van der Waals surface area contributed by atoms with Crippen molar-refractivity contribution in [2.45, 2.75) is 38.9 Å². The van der Waals surface area contributed by atoms with Crippen LogP contribution in [0.2, 0.25) is 0 Å². The highest BCUT2D eigenvalue weighted by atomic mass is 16.6. The van der Waals surface area contributed by atoms with Crippen molar-refractivity contribution in [3.63, 3.8) is 0 Å². The molecule has 152 valence electrons. The van der Waals surface area contributed by atoms with Crippen molar-refractivity contribution in [1.82, 2.24) is 0 Å². The molecule has 1 aliphatic heterocycles. The fourth-order valence-electron chi connectivity index (χ4n) is 3.22. The van der Waals surface area contributed by atoms with Gasteiger partial charge in [-0.1, -0.05) is 18.2 Å². The Morgan fingerprint density at radius 3 is 2.55 bits per heavy atom. The standard InChI is InChI=1S/C23H24O6/c1-4-27-20(25)12-6-15-5-11-19-18(13-15)21(23(26)28-14(2)3)22(29-19)16-7-9-17(24)10-8-16/h5-14,21-22,24H,4H2,1-3H3/b12-6+/t21-,22+/m1/s1. The van der Waals surface area contributed by atoms with Crippen LogP contribution in [0.15, 0.2) is 48.5 Å². The molecule has 6 nitrogen and oxygen atoms in total. The minimum absolute atomic E-state index is 0.136. The number of aromatic hydroxyl groups is 1. The second-order valence-corrected chi connectivity index (χ2v) is 6.98. The molecule has 0 spiro atoms. The molecule has 6 heteroatoms. The van der Waals surface area contributed by atoms with Crippen LogP contribution in [0.3, 0.4) is 0 Å². The van der Waals surface area contributed by atoms with Crippen molar-refractivity contribution < 1.29 is 28.9 Å². The molecule has 0 saturated heterocycles. The van der Waals surface area contributed by atoms with Crippen LogP contribution in [-0.2, 0) is 19.1 Å². The number of phenols is 1. The van der Waals surface area contributed by atoms with Gasteiger partial charge in [0.15, 0.2) is 0 Å². The van der Waals surface area contributed by atoms with E-state index >= 15 is 0 Å². The Hall–Kier alpha value is -3.28. The van der Waals surface area contributed by atoms with Crippen LogP contribution >= 0.6 is 0 Å². The van der Waals surface area contributed by atoms with E-state index in [0.717, 1.165) is 11.1 Å². The quantitative estimate of drug-likeness (QED) is 0.584. The highest BCUT2D eigenvalue weighted by Gasteiger charge is 2.42. The maximum absolute atomic E-state index is 12.9. The van der Waals surface area contributed by atoms with Gasteiger partial charge >= 0.3 is 11.9 Å². The highest BCUT2D eigenvalue weighted by molar-refractivity contribution is 5.87. The third-order valence-corrected chi connectivity index (χ3v) is 4.45.